The standard InChI is InChI=1S/C16H17F2NO4S2/c17-14-7-8-15(18)16(11-14)25(22,23)19-9-4-10-24(20,21)12-13-5-2-1-3-6-13/h1-3,5-8,11,19H,4,9-10,12H2. The number of benzene rings is 2. The first-order chi connectivity index (χ1) is 11.7. The van der Waals surface area contributed by atoms with Crippen LogP contribution < -0.4 is 4.72 Å². The lowest BCUT2D eigenvalue weighted by Gasteiger charge is -2.08. The van der Waals surface area contributed by atoms with E-state index in [2.05, 4.69) is 4.72 Å². The monoisotopic (exact) mass is 389 g/mol. The molecule has 0 aliphatic carbocycles. The summed E-state index contributed by atoms with van der Waals surface area (Å²) in [6.07, 6.45) is 0.0192. The maximum absolute atomic E-state index is 13.5. The quantitative estimate of drug-likeness (QED) is 0.702. The van der Waals surface area contributed by atoms with Gasteiger partial charge in [-0.15, -0.1) is 0 Å². The van der Waals surface area contributed by atoms with E-state index in [1.807, 2.05) is 0 Å². The number of sulfonamides is 1. The van der Waals surface area contributed by atoms with Crippen molar-refractivity contribution in [2.24, 2.45) is 0 Å². The molecule has 136 valence electrons. The highest BCUT2D eigenvalue weighted by atomic mass is 32.2. The van der Waals surface area contributed by atoms with E-state index in [4.69, 9.17) is 0 Å². The SMILES string of the molecule is O=S(=O)(CCCNS(=O)(=O)c1cc(F)ccc1F)Cc1ccccc1. The van der Waals surface area contributed by atoms with E-state index in [0.717, 1.165) is 6.07 Å². The minimum Gasteiger partial charge on any atom is -0.228 e. The van der Waals surface area contributed by atoms with Crippen LogP contribution in [0.3, 0.4) is 0 Å². The predicted molar refractivity (Wildman–Crippen MR) is 90.1 cm³/mol. The molecule has 0 atom stereocenters. The van der Waals surface area contributed by atoms with Crippen LogP contribution in [0.1, 0.15) is 12.0 Å². The van der Waals surface area contributed by atoms with E-state index in [9.17, 15) is 25.6 Å². The number of halogens is 2. The molecule has 0 amide bonds. The van der Waals surface area contributed by atoms with Crippen molar-refractivity contribution in [2.75, 3.05) is 12.3 Å². The highest BCUT2D eigenvalue weighted by molar-refractivity contribution is 7.90. The van der Waals surface area contributed by atoms with Gasteiger partial charge in [0.15, 0.2) is 9.84 Å². The second kappa shape index (κ2) is 8.03. The molecule has 5 nitrogen and oxygen atoms in total. The molecule has 0 spiro atoms. The lowest BCUT2D eigenvalue weighted by Crippen LogP contribution is -2.27. The second-order valence-corrected chi connectivity index (χ2v) is 9.32. The Bertz CT molecular complexity index is 930. The van der Waals surface area contributed by atoms with Crippen LogP contribution in [-0.2, 0) is 25.6 Å². The van der Waals surface area contributed by atoms with Gasteiger partial charge < -0.3 is 0 Å². The molecule has 0 aliphatic rings. The maximum Gasteiger partial charge on any atom is 0.243 e. The molecule has 2 aromatic carbocycles. The lowest BCUT2D eigenvalue weighted by atomic mass is 10.2. The summed E-state index contributed by atoms with van der Waals surface area (Å²) in [7, 11) is -7.65. The van der Waals surface area contributed by atoms with Crippen molar-refractivity contribution in [3.8, 4) is 0 Å². The summed E-state index contributed by atoms with van der Waals surface area (Å²) >= 11 is 0. The zero-order chi connectivity index (χ0) is 18.5. The van der Waals surface area contributed by atoms with E-state index in [0.29, 0.717) is 17.7 Å². The van der Waals surface area contributed by atoms with Crippen LogP contribution in [0.15, 0.2) is 53.4 Å². The fraction of sp³-hybridized carbons (Fsp3) is 0.250. The van der Waals surface area contributed by atoms with Gasteiger partial charge in [0, 0.05) is 6.54 Å². The van der Waals surface area contributed by atoms with Crippen LogP contribution in [0, 0.1) is 11.6 Å². The van der Waals surface area contributed by atoms with Gasteiger partial charge in [-0.3, -0.25) is 0 Å². The Morgan fingerprint density at radius 2 is 1.60 bits per heavy atom. The maximum atomic E-state index is 13.5. The first-order valence-electron chi connectivity index (χ1n) is 7.39. The van der Waals surface area contributed by atoms with Crippen LogP contribution in [0.25, 0.3) is 0 Å². The number of rotatable bonds is 8. The van der Waals surface area contributed by atoms with Crippen molar-refractivity contribution in [3.63, 3.8) is 0 Å². The van der Waals surface area contributed by atoms with Gasteiger partial charge in [-0.25, -0.2) is 30.3 Å². The third kappa shape index (κ3) is 5.87. The normalized spacial score (nSPS) is 12.2. The molecule has 1 N–H and O–H groups in total. The van der Waals surface area contributed by atoms with E-state index in [-0.39, 0.29) is 24.5 Å². The van der Waals surface area contributed by atoms with E-state index >= 15 is 0 Å². The van der Waals surface area contributed by atoms with Crippen molar-refractivity contribution in [1.82, 2.24) is 4.72 Å². The van der Waals surface area contributed by atoms with Gasteiger partial charge in [0.2, 0.25) is 10.0 Å². The molecule has 0 fully saturated rings. The minimum atomic E-state index is -4.25. The molecule has 0 heterocycles. The van der Waals surface area contributed by atoms with Crippen LogP contribution in [0.2, 0.25) is 0 Å². The summed E-state index contributed by atoms with van der Waals surface area (Å²) in [5, 5.41) is 0. The Balaban J connectivity index is 1.91. The van der Waals surface area contributed by atoms with Crippen molar-refractivity contribution >= 4 is 19.9 Å². The summed E-state index contributed by atoms with van der Waals surface area (Å²) in [6.45, 7) is -0.202. The number of sulfone groups is 1. The molecule has 25 heavy (non-hydrogen) atoms. The highest BCUT2D eigenvalue weighted by Crippen LogP contribution is 2.15. The van der Waals surface area contributed by atoms with E-state index in [1.54, 1.807) is 30.3 Å². The number of hydrogen-bond acceptors (Lipinski definition) is 4. The zero-order valence-corrected chi connectivity index (χ0v) is 14.8. The van der Waals surface area contributed by atoms with Crippen molar-refractivity contribution in [3.05, 3.63) is 65.7 Å². The van der Waals surface area contributed by atoms with Gasteiger partial charge in [-0.05, 0) is 30.2 Å². The molecule has 0 radical (unpaired) electrons. The average molecular weight is 389 g/mol. The highest BCUT2D eigenvalue weighted by Gasteiger charge is 2.20. The molecule has 0 saturated heterocycles. The largest absolute Gasteiger partial charge is 0.243 e. The zero-order valence-electron chi connectivity index (χ0n) is 13.2. The van der Waals surface area contributed by atoms with Crippen molar-refractivity contribution in [1.29, 1.82) is 0 Å². The van der Waals surface area contributed by atoms with Gasteiger partial charge in [0.1, 0.15) is 16.5 Å². The molecule has 2 aromatic rings. The lowest BCUT2D eigenvalue weighted by molar-refractivity contribution is 0.544. The topological polar surface area (TPSA) is 80.3 Å². The summed E-state index contributed by atoms with van der Waals surface area (Å²) in [5.74, 6) is -2.33. The molecule has 9 heteroatoms. The molecule has 0 aliphatic heterocycles. The van der Waals surface area contributed by atoms with Crippen LogP contribution in [0.4, 0.5) is 8.78 Å². The average Bonchev–Trinajstić information content (AvgIpc) is 2.54. The summed E-state index contributed by atoms with van der Waals surface area (Å²) in [5.41, 5.74) is 0.643. The number of hydrogen-bond donors (Lipinski definition) is 1. The Morgan fingerprint density at radius 3 is 2.28 bits per heavy atom. The smallest absolute Gasteiger partial charge is 0.228 e. The summed E-state index contributed by atoms with van der Waals surface area (Å²) in [6, 6.07) is 10.7. The summed E-state index contributed by atoms with van der Waals surface area (Å²) < 4.78 is 76.6. The van der Waals surface area contributed by atoms with Crippen LogP contribution >= 0.6 is 0 Å². The first-order valence-corrected chi connectivity index (χ1v) is 10.7. The van der Waals surface area contributed by atoms with Gasteiger partial charge in [-0.1, -0.05) is 30.3 Å². The molecular formula is C16H17F2NO4S2. The first kappa shape index (κ1) is 19.5. The Hall–Kier alpha value is -1.84. The fourth-order valence-corrected chi connectivity index (χ4v) is 4.75. The Kier molecular flexibility index (Phi) is 6.26. The van der Waals surface area contributed by atoms with E-state index in [1.165, 1.54) is 0 Å². The third-order valence-corrected chi connectivity index (χ3v) is 6.50. The predicted octanol–water partition coefficient (Wildman–Crippen LogP) is 2.25. The molecule has 2 rings (SSSR count). The summed E-state index contributed by atoms with van der Waals surface area (Å²) in [4.78, 5) is -0.806. The second-order valence-electron chi connectivity index (χ2n) is 5.40. The fourth-order valence-electron chi connectivity index (χ4n) is 2.16. The van der Waals surface area contributed by atoms with Crippen molar-refractivity contribution < 1.29 is 25.6 Å². The Labute approximate surface area is 145 Å². The molecule has 0 unspecified atom stereocenters. The minimum absolute atomic E-state index is 0.0192. The van der Waals surface area contributed by atoms with Crippen LogP contribution in [0.5, 0.6) is 0 Å². The van der Waals surface area contributed by atoms with E-state index < -0.39 is 36.4 Å². The number of nitrogens with one attached hydrogen (secondary N) is 1. The molecular weight excluding hydrogens is 372 g/mol. The van der Waals surface area contributed by atoms with Gasteiger partial charge in [0.25, 0.3) is 0 Å². The van der Waals surface area contributed by atoms with Crippen LogP contribution in [-0.4, -0.2) is 29.1 Å². The van der Waals surface area contributed by atoms with Gasteiger partial charge in [-0.2, -0.15) is 0 Å². The molecule has 0 aromatic heterocycles. The third-order valence-electron chi connectivity index (χ3n) is 3.34. The van der Waals surface area contributed by atoms with Gasteiger partial charge in [0.05, 0.1) is 11.5 Å². The Morgan fingerprint density at radius 1 is 0.920 bits per heavy atom. The molecule has 0 bridgehead atoms. The van der Waals surface area contributed by atoms with Gasteiger partial charge >= 0.3 is 0 Å². The molecule has 0 saturated carbocycles. The van der Waals surface area contributed by atoms with Crippen molar-refractivity contribution in [2.45, 2.75) is 17.1 Å².